The van der Waals surface area contributed by atoms with Gasteiger partial charge in [0, 0.05) is 7.05 Å². The maximum absolute atomic E-state index is 4.15. The Morgan fingerprint density at radius 3 is 2.77 bits per heavy atom. The zero-order valence-corrected chi connectivity index (χ0v) is 9.03. The lowest BCUT2D eigenvalue weighted by atomic mass is 10.3. The van der Waals surface area contributed by atoms with Crippen molar-refractivity contribution >= 4 is 22.0 Å². The van der Waals surface area contributed by atoms with E-state index in [0.29, 0.717) is 0 Å². The summed E-state index contributed by atoms with van der Waals surface area (Å²) in [5, 5.41) is 4.15. The van der Waals surface area contributed by atoms with Crippen molar-refractivity contribution in [3.63, 3.8) is 0 Å². The molecule has 13 heavy (non-hydrogen) atoms. The van der Waals surface area contributed by atoms with E-state index in [1.54, 1.807) is 6.08 Å². The van der Waals surface area contributed by atoms with Gasteiger partial charge in [0.1, 0.15) is 4.60 Å². The first-order valence-electron chi connectivity index (χ1n) is 3.89. The second-order valence-electron chi connectivity index (χ2n) is 2.50. The Labute approximate surface area is 86.4 Å². The molecule has 0 amide bonds. The third-order valence-corrected chi connectivity index (χ3v) is 1.90. The first kappa shape index (κ1) is 9.99. The van der Waals surface area contributed by atoms with Crippen molar-refractivity contribution in [1.82, 2.24) is 9.78 Å². The highest BCUT2D eigenvalue weighted by atomic mass is 79.9. The summed E-state index contributed by atoms with van der Waals surface area (Å²) in [5.74, 6) is 0. The van der Waals surface area contributed by atoms with E-state index in [-0.39, 0.29) is 0 Å². The van der Waals surface area contributed by atoms with E-state index in [4.69, 9.17) is 0 Å². The van der Waals surface area contributed by atoms with Crippen LogP contribution in [0.5, 0.6) is 0 Å². The van der Waals surface area contributed by atoms with E-state index in [1.165, 1.54) is 0 Å². The zero-order chi connectivity index (χ0) is 9.68. The van der Waals surface area contributed by atoms with Gasteiger partial charge >= 0.3 is 0 Å². The predicted octanol–water partition coefficient (Wildman–Crippen LogP) is 2.94. The summed E-state index contributed by atoms with van der Waals surface area (Å²) in [6.07, 6.45) is 9.47. The van der Waals surface area contributed by atoms with Gasteiger partial charge in [-0.1, -0.05) is 30.9 Å². The Hall–Kier alpha value is -1.09. The standard InChI is InChI=1S/C10H11BrN2/c1-3-4-5-6-7-9-8-10(11)12-13(9)2/h3-8H,1H2,2H3/b5-4+,7-6-. The number of hydrogen-bond acceptors (Lipinski definition) is 1. The molecule has 68 valence electrons. The highest BCUT2D eigenvalue weighted by molar-refractivity contribution is 9.10. The Balaban J connectivity index is 2.73. The van der Waals surface area contributed by atoms with Gasteiger partial charge in [-0.25, -0.2) is 0 Å². The van der Waals surface area contributed by atoms with E-state index in [9.17, 15) is 0 Å². The monoisotopic (exact) mass is 238 g/mol. The number of nitrogens with zero attached hydrogens (tertiary/aromatic N) is 2. The van der Waals surface area contributed by atoms with Gasteiger partial charge in [0.15, 0.2) is 0 Å². The number of hydrogen-bond donors (Lipinski definition) is 0. The summed E-state index contributed by atoms with van der Waals surface area (Å²) in [5.41, 5.74) is 1.06. The van der Waals surface area contributed by atoms with E-state index < -0.39 is 0 Å². The third-order valence-electron chi connectivity index (χ3n) is 1.51. The molecule has 0 aliphatic carbocycles. The van der Waals surface area contributed by atoms with Crippen LogP contribution in [0.2, 0.25) is 0 Å². The predicted molar refractivity (Wildman–Crippen MR) is 59.3 cm³/mol. The molecule has 0 fully saturated rings. The fourth-order valence-electron chi connectivity index (χ4n) is 0.898. The molecular formula is C10H11BrN2. The molecule has 0 bridgehead atoms. The zero-order valence-electron chi connectivity index (χ0n) is 7.44. The van der Waals surface area contributed by atoms with Gasteiger partial charge in [0.05, 0.1) is 5.69 Å². The summed E-state index contributed by atoms with van der Waals surface area (Å²) in [7, 11) is 1.90. The summed E-state index contributed by atoms with van der Waals surface area (Å²) in [6, 6.07) is 1.96. The SMILES string of the molecule is C=C/C=C/C=C\c1cc(Br)nn1C. The highest BCUT2D eigenvalue weighted by Crippen LogP contribution is 2.10. The molecule has 0 saturated heterocycles. The lowest BCUT2D eigenvalue weighted by Crippen LogP contribution is -1.91. The van der Waals surface area contributed by atoms with Crippen molar-refractivity contribution < 1.29 is 0 Å². The van der Waals surface area contributed by atoms with Crippen LogP contribution in [0.25, 0.3) is 6.08 Å². The molecule has 0 radical (unpaired) electrons. The minimum Gasteiger partial charge on any atom is -0.267 e. The van der Waals surface area contributed by atoms with Gasteiger partial charge in [-0.05, 0) is 28.1 Å². The van der Waals surface area contributed by atoms with Gasteiger partial charge in [-0.3, -0.25) is 4.68 Å². The van der Waals surface area contributed by atoms with E-state index >= 15 is 0 Å². The molecule has 0 atom stereocenters. The van der Waals surface area contributed by atoms with Gasteiger partial charge < -0.3 is 0 Å². The van der Waals surface area contributed by atoms with Crippen LogP contribution >= 0.6 is 15.9 Å². The van der Waals surface area contributed by atoms with Crippen molar-refractivity contribution in [3.05, 3.63) is 47.2 Å². The number of rotatable bonds is 3. The van der Waals surface area contributed by atoms with Crippen LogP contribution in [0.15, 0.2) is 41.6 Å². The van der Waals surface area contributed by atoms with E-state index in [2.05, 4.69) is 27.6 Å². The summed E-state index contributed by atoms with van der Waals surface area (Å²) in [4.78, 5) is 0. The van der Waals surface area contributed by atoms with E-state index in [1.807, 2.05) is 42.1 Å². The number of halogens is 1. The Bertz CT molecular complexity index is 348. The average molecular weight is 239 g/mol. The molecule has 0 saturated carbocycles. The number of aryl methyl sites for hydroxylation is 1. The van der Waals surface area contributed by atoms with Gasteiger partial charge in [-0.2, -0.15) is 5.10 Å². The van der Waals surface area contributed by atoms with Gasteiger partial charge in [0.25, 0.3) is 0 Å². The molecule has 1 aromatic heterocycles. The molecule has 0 spiro atoms. The Kier molecular flexibility index (Phi) is 3.71. The van der Waals surface area contributed by atoms with Crippen LogP contribution in [-0.4, -0.2) is 9.78 Å². The van der Waals surface area contributed by atoms with Gasteiger partial charge in [0.2, 0.25) is 0 Å². The molecule has 0 unspecified atom stereocenters. The molecule has 0 N–H and O–H groups in total. The quantitative estimate of drug-likeness (QED) is 0.741. The summed E-state index contributed by atoms with van der Waals surface area (Å²) in [6.45, 7) is 3.58. The van der Waals surface area contributed by atoms with Crippen LogP contribution in [0, 0.1) is 0 Å². The van der Waals surface area contributed by atoms with Crippen LogP contribution in [0.1, 0.15) is 5.69 Å². The Morgan fingerprint density at radius 1 is 1.46 bits per heavy atom. The normalized spacial score (nSPS) is 11.5. The molecule has 1 heterocycles. The molecule has 1 rings (SSSR count). The summed E-state index contributed by atoms with van der Waals surface area (Å²) < 4.78 is 2.66. The molecule has 1 aromatic rings. The third kappa shape index (κ3) is 3.03. The van der Waals surface area contributed by atoms with E-state index in [0.717, 1.165) is 10.3 Å². The van der Waals surface area contributed by atoms with Crippen molar-refractivity contribution in [2.24, 2.45) is 7.05 Å². The smallest absolute Gasteiger partial charge is 0.128 e. The molecule has 0 aliphatic heterocycles. The molecule has 3 heteroatoms. The lowest BCUT2D eigenvalue weighted by molar-refractivity contribution is 0.753. The minimum atomic E-state index is 0.849. The van der Waals surface area contributed by atoms with Crippen molar-refractivity contribution in [1.29, 1.82) is 0 Å². The maximum atomic E-state index is 4.15. The second kappa shape index (κ2) is 4.82. The number of allylic oxidation sites excluding steroid dienone is 4. The van der Waals surface area contributed by atoms with Crippen molar-refractivity contribution in [3.8, 4) is 0 Å². The summed E-state index contributed by atoms with van der Waals surface area (Å²) >= 11 is 3.31. The fourth-order valence-corrected chi connectivity index (χ4v) is 1.37. The largest absolute Gasteiger partial charge is 0.267 e. The van der Waals surface area contributed by atoms with Crippen LogP contribution in [0.3, 0.4) is 0 Å². The Morgan fingerprint density at radius 2 is 2.23 bits per heavy atom. The first-order valence-corrected chi connectivity index (χ1v) is 4.68. The van der Waals surface area contributed by atoms with Crippen LogP contribution in [0.4, 0.5) is 0 Å². The lowest BCUT2D eigenvalue weighted by Gasteiger charge is -1.90. The first-order chi connectivity index (χ1) is 6.24. The van der Waals surface area contributed by atoms with Crippen molar-refractivity contribution in [2.75, 3.05) is 0 Å². The van der Waals surface area contributed by atoms with Crippen molar-refractivity contribution in [2.45, 2.75) is 0 Å². The molecule has 0 aromatic carbocycles. The molecule has 0 aliphatic rings. The topological polar surface area (TPSA) is 17.8 Å². The molecule has 2 nitrogen and oxygen atoms in total. The highest BCUT2D eigenvalue weighted by Gasteiger charge is 1.96. The molecular weight excluding hydrogens is 228 g/mol. The average Bonchev–Trinajstić information content (AvgIpc) is 2.39. The van der Waals surface area contributed by atoms with Crippen LogP contribution in [-0.2, 0) is 7.05 Å². The van der Waals surface area contributed by atoms with Gasteiger partial charge in [-0.15, -0.1) is 0 Å². The van der Waals surface area contributed by atoms with Crippen LogP contribution < -0.4 is 0 Å². The maximum Gasteiger partial charge on any atom is 0.128 e. The second-order valence-corrected chi connectivity index (χ2v) is 3.31. The number of aromatic nitrogens is 2. The minimum absolute atomic E-state index is 0.849. The fraction of sp³-hybridized carbons (Fsp3) is 0.100.